The van der Waals surface area contributed by atoms with Crippen LogP contribution in [0.15, 0.2) is 22.7 Å². The van der Waals surface area contributed by atoms with Crippen molar-refractivity contribution in [2.24, 2.45) is 5.41 Å². The number of halogens is 1. The lowest BCUT2D eigenvalue weighted by molar-refractivity contribution is -0.152. The number of carbonyl (C=O) groups excluding carboxylic acids is 2. The zero-order valence-electron chi connectivity index (χ0n) is 10.5. The first kappa shape index (κ1) is 14.7. The SMILES string of the molecule is COC(=O)C(C)(C)COc1ccc(Br)c(C=O)c1. The summed E-state index contributed by atoms with van der Waals surface area (Å²) >= 11 is 3.25. The molecule has 0 aliphatic rings. The van der Waals surface area contributed by atoms with Crippen molar-refractivity contribution in [2.45, 2.75) is 13.8 Å². The first-order chi connectivity index (χ1) is 8.40. The van der Waals surface area contributed by atoms with Gasteiger partial charge in [0.1, 0.15) is 12.4 Å². The summed E-state index contributed by atoms with van der Waals surface area (Å²) in [6.45, 7) is 3.65. The summed E-state index contributed by atoms with van der Waals surface area (Å²) in [7, 11) is 1.34. The van der Waals surface area contributed by atoms with Gasteiger partial charge < -0.3 is 9.47 Å². The fourth-order valence-electron chi connectivity index (χ4n) is 1.30. The van der Waals surface area contributed by atoms with E-state index in [1.54, 1.807) is 32.0 Å². The topological polar surface area (TPSA) is 52.6 Å². The minimum atomic E-state index is -0.733. The van der Waals surface area contributed by atoms with E-state index in [9.17, 15) is 9.59 Å². The monoisotopic (exact) mass is 314 g/mol. The molecule has 0 heterocycles. The molecule has 0 spiro atoms. The molecular weight excluding hydrogens is 300 g/mol. The number of hydrogen-bond acceptors (Lipinski definition) is 4. The molecule has 0 aromatic heterocycles. The Labute approximate surface area is 114 Å². The van der Waals surface area contributed by atoms with Gasteiger partial charge >= 0.3 is 5.97 Å². The summed E-state index contributed by atoms with van der Waals surface area (Å²) in [5.74, 6) is 0.201. The van der Waals surface area contributed by atoms with Crippen molar-refractivity contribution in [3.05, 3.63) is 28.2 Å². The Bertz CT molecular complexity index is 454. The average Bonchev–Trinajstić information content (AvgIpc) is 2.36. The molecule has 0 fully saturated rings. The van der Waals surface area contributed by atoms with E-state index in [1.165, 1.54) is 7.11 Å². The smallest absolute Gasteiger partial charge is 0.314 e. The van der Waals surface area contributed by atoms with Crippen molar-refractivity contribution in [3.63, 3.8) is 0 Å². The maximum Gasteiger partial charge on any atom is 0.314 e. The first-order valence-electron chi connectivity index (χ1n) is 5.36. The summed E-state index contributed by atoms with van der Waals surface area (Å²) in [6.07, 6.45) is 0.738. The van der Waals surface area contributed by atoms with E-state index in [4.69, 9.17) is 4.74 Å². The standard InChI is InChI=1S/C13H15BrO4/c1-13(2,12(16)17-3)8-18-10-4-5-11(14)9(6-10)7-15/h4-7H,8H2,1-3H3. The fourth-order valence-corrected chi connectivity index (χ4v) is 1.64. The van der Waals surface area contributed by atoms with Crippen LogP contribution in [0.2, 0.25) is 0 Å². The molecule has 98 valence electrons. The Morgan fingerprint density at radius 2 is 2.11 bits per heavy atom. The third-order valence-electron chi connectivity index (χ3n) is 2.43. The molecule has 0 radical (unpaired) electrons. The van der Waals surface area contributed by atoms with Gasteiger partial charge in [0.15, 0.2) is 6.29 Å². The molecule has 1 rings (SSSR count). The number of hydrogen-bond donors (Lipinski definition) is 0. The molecule has 0 aliphatic carbocycles. The molecule has 0 aliphatic heterocycles. The summed E-state index contributed by atoms with van der Waals surface area (Å²) < 4.78 is 10.9. The van der Waals surface area contributed by atoms with E-state index >= 15 is 0 Å². The number of benzene rings is 1. The summed E-state index contributed by atoms with van der Waals surface area (Å²) in [6, 6.07) is 5.07. The highest BCUT2D eigenvalue weighted by Gasteiger charge is 2.29. The summed E-state index contributed by atoms with van der Waals surface area (Å²) in [4.78, 5) is 22.2. The van der Waals surface area contributed by atoms with Crippen molar-refractivity contribution >= 4 is 28.2 Å². The highest BCUT2D eigenvalue weighted by molar-refractivity contribution is 9.10. The third kappa shape index (κ3) is 3.57. The molecule has 18 heavy (non-hydrogen) atoms. The molecule has 1 aromatic rings. The van der Waals surface area contributed by atoms with Crippen LogP contribution in [0.4, 0.5) is 0 Å². The minimum Gasteiger partial charge on any atom is -0.492 e. The van der Waals surface area contributed by atoms with Gasteiger partial charge in [0.25, 0.3) is 0 Å². The molecule has 0 bridgehead atoms. The average molecular weight is 315 g/mol. The highest BCUT2D eigenvalue weighted by atomic mass is 79.9. The van der Waals surface area contributed by atoms with Crippen LogP contribution in [0.25, 0.3) is 0 Å². The predicted octanol–water partition coefficient (Wildman–Crippen LogP) is 2.84. The van der Waals surface area contributed by atoms with Gasteiger partial charge in [-0.1, -0.05) is 15.9 Å². The van der Waals surface area contributed by atoms with Gasteiger partial charge in [0, 0.05) is 10.0 Å². The van der Waals surface area contributed by atoms with Gasteiger partial charge in [0.05, 0.1) is 12.5 Å². The van der Waals surface area contributed by atoms with Crippen LogP contribution in [0.3, 0.4) is 0 Å². The van der Waals surface area contributed by atoms with Crippen LogP contribution >= 0.6 is 15.9 Å². The number of rotatable bonds is 5. The summed E-state index contributed by atoms with van der Waals surface area (Å²) in [5, 5.41) is 0. The third-order valence-corrected chi connectivity index (χ3v) is 3.15. The van der Waals surface area contributed by atoms with Crippen LogP contribution in [0.1, 0.15) is 24.2 Å². The van der Waals surface area contributed by atoms with Crippen molar-refractivity contribution < 1.29 is 19.1 Å². The Balaban J connectivity index is 2.75. The lowest BCUT2D eigenvalue weighted by Crippen LogP contribution is -2.32. The van der Waals surface area contributed by atoms with E-state index in [2.05, 4.69) is 20.7 Å². The fraction of sp³-hybridized carbons (Fsp3) is 0.385. The molecule has 0 unspecified atom stereocenters. The lowest BCUT2D eigenvalue weighted by Gasteiger charge is -2.21. The van der Waals surface area contributed by atoms with Gasteiger partial charge in [0.2, 0.25) is 0 Å². The van der Waals surface area contributed by atoms with Crippen LogP contribution in [-0.2, 0) is 9.53 Å². The zero-order valence-corrected chi connectivity index (χ0v) is 12.1. The predicted molar refractivity (Wildman–Crippen MR) is 70.8 cm³/mol. The quantitative estimate of drug-likeness (QED) is 0.619. The molecule has 4 nitrogen and oxygen atoms in total. The van der Waals surface area contributed by atoms with Gasteiger partial charge in [-0.3, -0.25) is 9.59 Å². The summed E-state index contributed by atoms with van der Waals surface area (Å²) in [5.41, 5.74) is -0.230. The number of methoxy groups -OCH3 is 1. The maximum absolute atomic E-state index is 11.5. The van der Waals surface area contributed by atoms with Crippen LogP contribution in [-0.4, -0.2) is 26.0 Å². The van der Waals surface area contributed by atoms with Crippen molar-refractivity contribution in [2.75, 3.05) is 13.7 Å². The Morgan fingerprint density at radius 1 is 1.44 bits per heavy atom. The molecule has 0 saturated heterocycles. The van der Waals surface area contributed by atoms with Gasteiger partial charge in [-0.05, 0) is 32.0 Å². The Morgan fingerprint density at radius 3 is 2.67 bits per heavy atom. The number of ether oxygens (including phenoxy) is 2. The molecule has 0 amide bonds. The van der Waals surface area contributed by atoms with Crippen LogP contribution in [0, 0.1) is 5.41 Å². The second-order valence-electron chi connectivity index (χ2n) is 4.47. The normalized spacial score (nSPS) is 10.9. The van der Waals surface area contributed by atoms with Gasteiger partial charge in [-0.25, -0.2) is 0 Å². The van der Waals surface area contributed by atoms with E-state index in [1.807, 2.05) is 0 Å². The minimum absolute atomic E-state index is 0.180. The van der Waals surface area contributed by atoms with E-state index < -0.39 is 5.41 Å². The molecule has 0 saturated carbocycles. The lowest BCUT2D eigenvalue weighted by atomic mass is 9.95. The molecule has 0 N–H and O–H groups in total. The second kappa shape index (κ2) is 6.00. The number of aldehydes is 1. The molecule has 0 atom stereocenters. The highest BCUT2D eigenvalue weighted by Crippen LogP contribution is 2.24. The second-order valence-corrected chi connectivity index (χ2v) is 5.32. The van der Waals surface area contributed by atoms with Crippen molar-refractivity contribution in [1.29, 1.82) is 0 Å². The Kier molecular flexibility index (Phi) is 4.90. The zero-order chi connectivity index (χ0) is 13.8. The number of esters is 1. The largest absolute Gasteiger partial charge is 0.492 e. The first-order valence-corrected chi connectivity index (χ1v) is 6.16. The van der Waals surface area contributed by atoms with Crippen molar-refractivity contribution in [1.82, 2.24) is 0 Å². The van der Waals surface area contributed by atoms with Gasteiger partial charge in [-0.15, -0.1) is 0 Å². The van der Waals surface area contributed by atoms with E-state index in [0.29, 0.717) is 15.8 Å². The van der Waals surface area contributed by atoms with Gasteiger partial charge in [-0.2, -0.15) is 0 Å². The molecule has 1 aromatic carbocycles. The maximum atomic E-state index is 11.5. The molecular formula is C13H15BrO4. The van der Waals surface area contributed by atoms with E-state index in [0.717, 1.165) is 6.29 Å². The molecule has 5 heteroatoms. The number of carbonyl (C=O) groups is 2. The van der Waals surface area contributed by atoms with Crippen LogP contribution in [0.5, 0.6) is 5.75 Å². The van der Waals surface area contributed by atoms with E-state index in [-0.39, 0.29) is 12.6 Å². The Hall–Kier alpha value is -1.36. The van der Waals surface area contributed by atoms with Crippen LogP contribution < -0.4 is 4.74 Å². The van der Waals surface area contributed by atoms with Crippen molar-refractivity contribution in [3.8, 4) is 5.75 Å².